The van der Waals surface area contributed by atoms with Crippen LogP contribution in [0.3, 0.4) is 0 Å². The van der Waals surface area contributed by atoms with Gasteiger partial charge in [0.2, 0.25) is 0 Å². The Morgan fingerprint density at radius 3 is 2.65 bits per heavy atom. The summed E-state index contributed by atoms with van der Waals surface area (Å²) in [6, 6.07) is 0. The topological polar surface area (TPSA) is 73.6 Å². The highest BCUT2D eigenvalue weighted by Gasteiger charge is 2.20. The quantitative estimate of drug-likeness (QED) is 0.755. The predicted octanol–water partition coefficient (Wildman–Crippen LogP) is 2.93. The van der Waals surface area contributed by atoms with Crippen LogP contribution in [0.5, 0.6) is 5.75 Å². The number of aliphatic hydroxyl groups is 1. The van der Waals surface area contributed by atoms with Crippen LogP contribution < -0.4 is 10.3 Å². The standard InChI is InChI=1S/C20H30N2O4/c1-14-11-16(7-8-17(14)25-10-6-9-23)13-26-18-12-21-22(20(3,4)5)19(24)15(18)2/h7-8,12,14,23H,6,9-11,13H2,1-5H3. The van der Waals surface area contributed by atoms with E-state index in [9.17, 15) is 4.79 Å². The van der Waals surface area contributed by atoms with Crippen molar-refractivity contribution in [2.75, 3.05) is 19.8 Å². The zero-order chi connectivity index (χ0) is 19.3. The van der Waals surface area contributed by atoms with Crippen molar-refractivity contribution in [2.45, 2.75) is 53.0 Å². The number of allylic oxidation sites excluding steroid dienone is 3. The van der Waals surface area contributed by atoms with Crippen LogP contribution in [0.4, 0.5) is 0 Å². The number of aliphatic hydroxyl groups excluding tert-OH is 1. The van der Waals surface area contributed by atoms with Crippen LogP contribution in [0.1, 0.15) is 46.1 Å². The highest BCUT2D eigenvalue weighted by atomic mass is 16.5. The Morgan fingerprint density at radius 2 is 2.04 bits per heavy atom. The van der Waals surface area contributed by atoms with Crippen molar-refractivity contribution in [2.24, 2.45) is 5.92 Å². The Kier molecular flexibility index (Phi) is 6.64. The Bertz CT molecular complexity index is 741. The summed E-state index contributed by atoms with van der Waals surface area (Å²) < 4.78 is 13.0. The number of aromatic nitrogens is 2. The Hall–Kier alpha value is -2.08. The molecular formula is C20H30N2O4. The fraction of sp³-hybridized carbons (Fsp3) is 0.600. The molecule has 26 heavy (non-hydrogen) atoms. The van der Waals surface area contributed by atoms with Gasteiger partial charge in [-0.25, -0.2) is 4.68 Å². The molecule has 2 rings (SSSR count). The van der Waals surface area contributed by atoms with Crippen molar-refractivity contribution in [3.05, 3.63) is 45.6 Å². The van der Waals surface area contributed by atoms with Gasteiger partial charge in [0, 0.05) is 18.9 Å². The minimum Gasteiger partial charge on any atom is -0.498 e. The summed E-state index contributed by atoms with van der Waals surface area (Å²) in [5.41, 5.74) is 1.23. The van der Waals surface area contributed by atoms with Crippen LogP contribution in [0.15, 0.2) is 34.5 Å². The van der Waals surface area contributed by atoms with Crippen LogP contribution in [0.25, 0.3) is 0 Å². The lowest BCUT2D eigenvalue weighted by Crippen LogP contribution is -2.37. The van der Waals surface area contributed by atoms with Crippen molar-refractivity contribution in [3.8, 4) is 5.75 Å². The molecule has 1 aliphatic rings. The van der Waals surface area contributed by atoms with Crippen LogP contribution in [0, 0.1) is 12.8 Å². The van der Waals surface area contributed by atoms with Gasteiger partial charge in [-0.3, -0.25) is 4.79 Å². The molecule has 144 valence electrons. The fourth-order valence-corrected chi connectivity index (χ4v) is 2.80. The Morgan fingerprint density at radius 1 is 1.31 bits per heavy atom. The van der Waals surface area contributed by atoms with E-state index in [-0.39, 0.29) is 23.6 Å². The monoisotopic (exact) mass is 362 g/mol. The summed E-state index contributed by atoms with van der Waals surface area (Å²) >= 11 is 0. The molecular weight excluding hydrogens is 332 g/mol. The molecule has 6 nitrogen and oxygen atoms in total. The van der Waals surface area contributed by atoms with Gasteiger partial charge in [0.1, 0.15) is 12.4 Å². The molecule has 0 amide bonds. The smallest absolute Gasteiger partial charge is 0.273 e. The summed E-state index contributed by atoms with van der Waals surface area (Å²) in [5, 5.41) is 13.1. The van der Waals surface area contributed by atoms with Gasteiger partial charge in [-0.2, -0.15) is 5.10 Å². The largest absolute Gasteiger partial charge is 0.498 e. The van der Waals surface area contributed by atoms with Crippen LogP contribution in [-0.4, -0.2) is 34.7 Å². The van der Waals surface area contributed by atoms with Crippen molar-refractivity contribution < 1.29 is 14.6 Å². The van der Waals surface area contributed by atoms with E-state index in [1.54, 1.807) is 13.1 Å². The summed E-state index contributed by atoms with van der Waals surface area (Å²) in [6.07, 6.45) is 7.07. The van der Waals surface area contributed by atoms with Gasteiger partial charge in [0.05, 0.1) is 29.7 Å². The van der Waals surface area contributed by atoms with E-state index in [1.165, 1.54) is 4.68 Å². The highest BCUT2D eigenvalue weighted by Crippen LogP contribution is 2.26. The minimum absolute atomic E-state index is 0.125. The van der Waals surface area contributed by atoms with E-state index in [4.69, 9.17) is 14.6 Å². The van der Waals surface area contributed by atoms with Gasteiger partial charge in [-0.1, -0.05) is 13.0 Å². The van der Waals surface area contributed by atoms with Crippen molar-refractivity contribution in [3.63, 3.8) is 0 Å². The molecule has 1 unspecified atom stereocenters. The number of ether oxygens (including phenoxy) is 2. The normalized spacial score (nSPS) is 17.5. The van der Waals surface area contributed by atoms with Gasteiger partial charge in [0.25, 0.3) is 5.56 Å². The summed E-state index contributed by atoms with van der Waals surface area (Å²) in [6.45, 7) is 10.8. The van der Waals surface area contributed by atoms with Gasteiger partial charge in [-0.05, 0) is 45.8 Å². The van der Waals surface area contributed by atoms with Gasteiger partial charge in [-0.15, -0.1) is 0 Å². The molecule has 0 aliphatic heterocycles. The number of rotatable bonds is 7. The van der Waals surface area contributed by atoms with Crippen molar-refractivity contribution >= 4 is 0 Å². The second-order valence-corrected chi connectivity index (χ2v) is 7.74. The summed E-state index contributed by atoms with van der Waals surface area (Å²) in [7, 11) is 0. The second kappa shape index (κ2) is 8.54. The molecule has 1 heterocycles. The molecule has 1 aromatic rings. The molecule has 1 aliphatic carbocycles. The van der Waals surface area contributed by atoms with Crippen molar-refractivity contribution in [1.82, 2.24) is 9.78 Å². The molecule has 0 saturated carbocycles. The fourth-order valence-electron chi connectivity index (χ4n) is 2.80. The van der Waals surface area contributed by atoms with Crippen LogP contribution in [-0.2, 0) is 10.3 Å². The lowest BCUT2D eigenvalue weighted by molar-refractivity contribution is 0.152. The number of hydrogen-bond donors (Lipinski definition) is 1. The van der Waals surface area contributed by atoms with Gasteiger partial charge in [0.15, 0.2) is 0 Å². The molecule has 0 radical (unpaired) electrons. The van der Waals surface area contributed by atoms with E-state index in [2.05, 4.69) is 12.0 Å². The Labute approximate surface area is 155 Å². The average molecular weight is 362 g/mol. The third-order valence-electron chi connectivity index (χ3n) is 4.33. The van der Waals surface area contributed by atoms with Crippen LogP contribution >= 0.6 is 0 Å². The van der Waals surface area contributed by atoms with Crippen LogP contribution in [0.2, 0.25) is 0 Å². The first-order valence-corrected chi connectivity index (χ1v) is 9.09. The molecule has 6 heteroatoms. The molecule has 0 aromatic carbocycles. The van der Waals surface area contributed by atoms with E-state index < -0.39 is 0 Å². The highest BCUT2D eigenvalue weighted by molar-refractivity contribution is 5.29. The van der Waals surface area contributed by atoms with E-state index in [0.717, 1.165) is 17.8 Å². The van der Waals surface area contributed by atoms with E-state index >= 15 is 0 Å². The molecule has 0 spiro atoms. The Balaban J connectivity index is 2.03. The lowest BCUT2D eigenvalue weighted by Gasteiger charge is -2.23. The average Bonchev–Trinajstić information content (AvgIpc) is 2.57. The van der Waals surface area contributed by atoms with Crippen molar-refractivity contribution in [1.29, 1.82) is 0 Å². The minimum atomic E-state index is -0.362. The first-order chi connectivity index (χ1) is 12.2. The molecule has 0 fully saturated rings. The third kappa shape index (κ3) is 4.97. The molecule has 0 saturated heterocycles. The third-order valence-corrected chi connectivity index (χ3v) is 4.33. The lowest BCUT2D eigenvalue weighted by atomic mass is 9.94. The molecule has 0 bridgehead atoms. The van der Waals surface area contributed by atoms with Gasteiger partial charge < -0.3 is 14.6 Å². The second-order valence-electron chi connectivity index (χ2n) is 7.74. The van der Waals surface area contributed by atoms with Gasteiger partial charge >= 0.3 is 0 Å². The first-order valence-electron chi connectivity index (χ1n) is 9.09. The van der Waals surface area contributed by atoms with E-state index in [1.807, 2.05) is 32.9 Å². The molecule has 1 atom stereocenters. The predicted molar refractivity (Wildman–Crippen MR) is 101 cm³/mol. The molecule has 1 aromatic heterocycles. The first kappa shape index (κ1) is 20.2. The zero-order valence-corrected chi connectivity index (χ0v) is 16.4. The SMILES string of the molecule is Cc1c(OCC2=CC=C(OCCCO)C(C)C2)cnn(C(C)(C)C)c1=O. The number of hydrogen-bond acceptors (Lipinski definition) is 5. The maximum absolute atomic E-state index is 12.5. The molecule has 1 N–H and O–H groups in total. The zero-order valence-electron chi connectivity index (χ0n) is 16.4. The maximum Gasteiger partial charge on any atom is 0.273 e. The van der Waals surface area contributed by atoms with E-state index in [0.29, 0.717) is 30.9 Å². The summed E-state index contributed by atoms with van der Waals surface area (Å²) in [5.74, 6) is 1.73. The maximum atomic E-state index is 12.5. The summed E-state index contributed by atoms with van der Waals surface area (Å²) in [4.78, 5) is 12.5. The number of nitrogens with zero attached hydrogens (tertiary/aromatic N) is 2.